The smallest absolute Gasteiger partial charge is 0.105 e. The Morgan fingerprint density at radius 2 is 2.00 bits per heavy atom. The van der Waals surface area contributed by atoms with Crippen LogP contribution in [0.25, 0.3) is 0 Å². The van der Waals surface area contributed by atoms with Gasteiger partial charge in [0.2, 0.25) is 0 Å². The van der Waals surface area contributed by atoms with Crippen LogP contribution in [0, 0.1) is 5.92 Å². The van der Waals surface area contributed by atoms with Crippen LogP contribution in [0.1, 0.15) is 19.3 Å². The third-order valence-electron chi connectivity index (χ3n) is 2.27. The van der Waals surface area contributed by atoms with Crippen molar-refractivity contribution in [1.29, 1.82) is 0 Å². The van der Waals surface area contributed by atoms with Crippen molar-refractivity contribution >= 4 is 7.85 Å². The van der Waals surface area contributed by atoms with Gasteiger partial charge in [0.05, 0.1) is 6.10 Å². The minimum Gasteiger partial charge on any atom is -0.396 e. The summed E-state index contributed by atoms with van der Waals surface area (Å²) in [5.74, 6) is 0.930. The van der Waals surface area contributed by atoms with Crippen molar-refractivity contribution in [1.82, 2.24) is 0 Å². The van der Waals surface area contributed by atoms with E-state index < -0.39 is 0 Å². The summed E-state index contributed by atoms with van der Waals surface area (Å²) in [6.07, 6.45) is 2.62. The molecule has 0 spiro atoms. The van der Waals surface area contributed by atoms with Gasteiger partial charge < -0.3 is 10.2 Å². The Kier molecular flexibility index (Phi) is 2.75. The van der Waals surface area contributed by atoms with Gasteiger partial charge in [-0.2, -0.15) is 0 Å². The number of hydrogen-bond donors (Lipinski definition) is 2. The summed E-state index contributed by atoms with van der Waals surface area (Å²) >= 11 is 0. The number of aliphatic hydroxyl groups excluding tert-OH is 2. The summed E-state index contributed by atoms with van der Waals surface area (Å²) in [5, 5.41) is 18.1. The molecule has 3 atom stereocenters. The molecule has 0 heterocycles. The summed E-state index contributed by atoms with van der Waals surface area (Å²) in [6, 6.07) is 0. The van der Waals surface area contributed by atoms with Gasteiger partial charge in [-0.05, 0) is 18.8 Å². The van der Waals surface area contributed by atoms with Crippen LogP contribution < -0.4 is 0 Å². The molecule has 2 unspecified atom stereocenters. The monoisotopic (exact) mass is 142 g/mol. The highest BCUT2D eigenvalue weighted by molar-refractivity contribution is 6.11. The van der Waals surface area contributed by atoms with Crippen molar-refractivity contribution in [3.05, 3.63) is 0 Å². The van der Waals surface area contributed by atoms with E-state index >= 15 is 0 Å². The molecule has 2 nitrogen and oxygen atoms in total. The van der Waals surface area contributed by atoms with Gasteiger partial charge in [0.15, 0.2) is 0 Å². The van der Waals surface area contributed by atoms with Crippen LogP contribution in [-0.2, 0) is 0 Å². The second kappa shape index (κ2) is 3.40. The van der Waals surface area contributed by atoms with E-state index in [1.807, 2.05) is 0 Å². The molecule has 58 valence electrons. The van der Waals surface area contributed by atoms with Gasteiger partial charge in [0, 0.05) is 6.61 Å². The molecule has 0 bridgehead atoms. The van der Waals surface area contributed by atoms with E-state index in [1.54, 1.807) is 0 Å². The molecule has 1 aliphatic rings. The van der Waals surface area contributed by atoms with Crippen LogP contribution >= 0.6 is 0 Å². The molecule has 3 heteroatoms. The van der Waals surface area contributed by atoms with Gasteiger partial charge in [0.1, 0.15) is 7.85 Å². The zero-order valence-corrected chi connectivity index (χ0v) is 6.45. The second-order valence-electron chi connectivity index (χ2n) is 3.51. The number of rotatable bonds is 1. The zero-order chi connectivity index (χ0) is 7.56. The molecule has 0 aliphatic heterocycles. The van der Waals surface area contributed by atoms with Crippen LogP contribution in [-0.4, -0.2) is 30.8 Å². The molecule has 0 aromatic heterocycles. The Labute approximate surface area is 62.7 Å². The largest absolute Gasteiger partial charge is 0.396 e. The molecule has 0 radical (unpaired) electrons. The van der Waals surface area contributed by atoms with Crippen molar-refractivity contribution < 1.29 is 10.2 Å². The van der Waals surface area contributed by atoms with Crippen LogP contribution in [0.2, 0.25) is 5.82 Å². The van der Waals surface area contributed by atoms with E-state index in [4.69, 9.17) is 5.11 Å². The van der Waals surface area contributed by atoms with Crippen LogP contribution in [0.5, 0.6) is 0 Å². The summed E-state index contributed by atoms with van der Waals surface area (Å²) < 4.78 is 0. The van der Waals surface area contributed by atoms with Gasteiger partial charge in [0.25, 0.3) is 0 Å². The average Bonchev–Trinajstić information content (AvgIpc) is 1.85. The lowest BCUT2D eigenvalue weighted by atomic mass is 9.70. The molecule has 2 N–H and O–H groups in total. The normalized spacial score (nSPS) is 41.6. The minimum atomic E-state index is -0.166. The number of aliphatic hydroxyl groups is 2. The molecule has 1 saturated carbocycles. The predicted molar refractivity (Wildman–Crippen MR) is 42.7 cm³/mol. The first-order valence-corrected chi connectivity index (χ1v) is 4.01. The summed E-state index contributed by atoms with van der Waals surface area (Å²) in [7, 11) is 2.13. The Morgan fingerprint density at radius 3 is 2.50 bits per heavy atom. The molecule has 1 rings (SSSR count). The van der Waals surface area contributed by atoms with Gasteiger partial charge in [-0.25, -0.2) is 0 Å². The van der Waals surface area contributed by atoms with E-state index in [2.05, 4.69) is 7.85 Å². The van der Waals surface area contributed by atoms with Crippen molar-refractivity contribution in [2.24, 2.45) is 5.92 Å². The minimum absolute atomic E-state index is 0.166. The van der Waals surface area contributed by atoms with Crippen LogP contribution in [0.3, 0.4) is 0 Å². The molecule has 1 aliphatic carbocycles. The molecule has 1 fully saturated rings. The first-order chi connectivity index (χ1) is 4.72. The van der Waals surface area contributed by atoms with Gasteiger partial charge in [-0.15, -0.1) is 0 Å². The third kappa shape index (κ3) is 1.99. The lowest BCUT2D eigenvalue weighted by molar-refractivity contribution is 0.0763. The van der Waals surface area contributed by atoms with Crippen molar-refractivity contribution in [3.63, 3.8) is 0 Å². The lowest BCUT2D eigenvalue weighted by Crippen LogP contribution is -2.25. The molecule has 10 heavy (non-hydrogen) atoms. The fourth-order valence-corrected chi connectivity index (χ4v) is 1.86. The average molecular weight is 142 g/mol. The Morgan fingerprint density at radius 1 is 1.30 bits per heavy atom. The maximum absolute atomic E-state index is 9.27. The summed E-state index contributed by atoms with van der Waals surface area (Å²) in [4.78, 5) is 0. The van der Waals surface area contributed by atoms with E-state index in [9.17, 15) is 5.11 Å². The van der Waals surface area contributed by atoms with Crippen LogP contribution in [0.15, 0.2) is 0 Å². The van der Waals surface area contributed by atoms with E-state index in [-0.39, 0.29) is 12.7 Å². The Balaban J connectivity index is 2.35. The van der Waals surface area contributed by atoms with Crippen LogP contribution in [0.4, 0.5) is 0 Å². The topological polar surface area (TPSA) is 40.5 Å². The molecule has 0 amide bonds. The summed E-state index contributed by atoms with van der Waals surface area (Å²) in [6.45, 7) is 0.238. The Hall–Kier alpha value is -0.0151. The van der Waals surface area contributed by atoms with E-state index in [0.717, 1.165) is 19.3 Å². The third-order valence-corrected chi connectivity index (χ3v) is 2.27. The van der Waals surface area contributed by atoms with Gasteiger partial charge >= 0.3 is 0 Å². The molecular formula is C7H15BO2. The highest BCUT2D eigenvalue weighted by Crippen LogP contribution is 2.30. The molecular weight excluding hydrogens is 127 g/mol. The van der Waals surface area contributed by atoms with Gasteiger partial charge in [-0.3, -0.25) is 0 Å². The van der Waals surface area contributed by atoms with E-state index in [0.29, 0.717) is 11.7 Å². The highest BCUT2D eigenvalue weighted by Gasteiger charge is 2.23. The van der Waals surface area contributed by atoms with Crippen molar-refractivity contribution in [3.8, 4) is 0 Å². The molecule has 0 saturated heterocycles. The standard InChI is InChI=1S/C7H15BO2/c8-6-1-5(4-9)2-7(10)3-6/h5-7,9-10H,1-4,8H2/t5-,6?,7?/m0/s1. The van der Waals surface area contributed by atoms with E-state index in [1.165, 1.54) is 0 Å². The zero-order valence-electron chi connectivity index (χ0n) is 6.45. The number of hydrogen-bond acceptors (Lipinski definition) is 2. The first-order valence-electron chi connectivity index (χ1n) is 4.01. The fraction of sp³-hybridized carbons (Fsp3) is 1.00. The molecule has 0 aromatic rings. The second-order valence-corrected chi connectivity index (χ2v) is 3.51. The SMILES string of the molecule is BC1CC(O)C[C@@H](CO)C1. The first kappa shape index (κ1) is 8.09. The summed E-state index contributed by atoms with van der Waals surface area (Å²) in [5.41, 5.74) is 0. The maximum atomic E-state index is 9.27. The molecule has 0 aromatic carbocycles. The quantitative estimate of drug-likeness (QED) is 0.487. The fourth-order valence-electron chi connectivity index (χ4n) is 1.86. The Bertz CT molecular complexity index is 97.8. The predicted octanol–water partition coefficient (Wildman–Crippen LogP) is -0.439. The highest BCUT2D eigenvalue weighted by atomic mass is 16.3. The van der Waals surface area contributed by atoms with Gasteiger partial charge in [-0.1, -0.05) is 12.2 Å². The van der Waals surface area contributed by atoms with Crippen molar-refractivity contribution in [2.75, 3.05) is 6.61 Å². The van der Waals surface area contributed by atoms with Crippen molar-refractivity contribution in [2.45, 2.75) is 31.2 Å². The lowest BCUT2D eigenvalue weighted by Gasteiger charge is -2.29. The maximum Gasteiger partial charge on any atom is 0.105 e.